The van der Waals surface area contributed by atoms with Crippen LogP contribution in [-0.2, 0) is 25.6 Å². The number of benzene rings is 4. The topological polar surface area (TPSA) is 81.7 Å². The Balaban J connectivity index is 1.25. The Kier molecular flexibility index (Phi) is 10.9. The van der Waals surface area contributed by atoms with E-state index in [1.165, 1.54) is 11.6 Å². The van der Waals surface area contributed by atoms with Crippen molar-refractivity contribution in [1.82, 2.24) is 15.5 Å². The Morgan fingerprint density at radius 1 is 0.826 bits per heavy atom. The third-order valence-electron chi connectivity index (χ3n) is 8.34. The molecule has 9 heteroatoms. The Bertz CT molecular complexity index is 1600. The van der Waals surface area contributed by atoms with Crippen molar-refractivity contribution in [3.8, 4) is 0 Å². The molecule has 0 spiro atoms. The second-order valence-electron chi connectivity index (χ2n) is 11.7. The van der Waals surface area contributed by atoms with Gasteiger partial charge in [-0.3, -0.25) is 9.59 Å². The lowest BCUT2D eigenvalue weighted by molar-refractivity contribution is -0.137. The number of carbonyl (C=O) groups excluding carboxylic acids is 2. The minimum atomic E-state index is -4.44. The molecule has 1 saturated heterocycles. The second-order valence-corrected chi connectivity index (χ2v) is 11.7. The van der Waals surface area contributed by atoms with Crippen LogP contribution in [-0.4, -0.2) is 53.1 Å². The smallest absolute Gasteiger partial charge is 0.390 e. The highest BCUT2D eigenvalue weighted by Crippen LogP contribution is 2.29. The van der Waals surface area contributed by atoms with E-state index in [1.807, 2.05) is 53.4 Å². The first-order valence-corrected chi connectivity index (χ1v) is 15.5. The number of nitrogens with one attached hydrogen (secondary N) is 2. The summed E-state index contributed by atoms with van der Waals surface area (Å²) in [5, 5.41) is 17.1. The maximum atomic E-state index is 13.6. The predicted octanol–water partition coefficient (Wildman–Crippen LogP) is 6.04. The number of aliphatic hydroxyl groups is 1. The van der Waals surface area contributed by atoms with Crippen LogP contribution in [0.2, 0.25) is 0 Å². The number of hydrogen-bond acceptors (Lipinski definition) is 4. The first-order chi connectivity index (χ1) is 22.2. The number of halogens is 3. The highest BCUT2D eigenvalue weighted by molar-refractivity contribution is 6.00. The van der Waals surface area contributed by atoms with Crippen LogP contribution in [0.4, 0.5) is 13.2 Å². The predicted molar refractivity (Wildman–Crippen MR) is 171 cm³/mol. The fraction of sp³-hybridized carbons (Fsp3) is 0.297. The number of hydrogen-bond donors (Lipinski definition) is 3. The number of aliphatic hydroxyl groups excluding tert-OH is 1. The first kappa shape index (κ1) is 32.9. The number of carbonyl (C=O) groups is 2. The molecule has 1 fully saturated rings. The fourth-order valence-corrected chi connectivity index (χ4v) is 5.93. The summed E-state index contributed by atoms with van der Waals surface area (Å²) in [4.78, 5) is 29.0. The number of likely N-dealkylation sites (tertiary alicyclic amines) is 1. The van der Waals surface area contributed by atoms with E-state index >= 15 is 0 Å². The molecule has 0 bridgehead atoms. The van der Waals surface area contributed by atoms with Gasteiger partial charge in [0.1, 0.15) is 0 Å². The van der Waals surface area contributed by atoms with Crippen molar-refractivity contribution in [2.45, 2.75) is 56.6 Å². The standard InChI is InChI=1S/C37H38F3N3O3/c38-37(39,40)31-17-7-14-28(20-31)24-41-25-34(44)33(22-27-12-5-2-6-13-27)42-35(45)29-15-8-16-30(23-29)36(46)43-19-9-18-32(43)21-26-10-3-1-4-11-26/h1-8,10-17,20,23,32-34,41,44H,9,18-19,21-22,24-25H2,(H,42,45)/t32-,33+,34-/m1/s1. The minimum absolute atomic E-state index is 0.0321. The third-order valence-corrected chi connectivity index (χ3v) is 8.34. The van der Waals surface area contributed by atoms with E-state index in [1.54, 1.807) is 30.3 Å². The van der Waals surface area contributed by atoms with Gasteiger partial charge in [-0.2, -0.15) is 13.2 Å². The minimum Gasteiger partial charge on any atom is -0.390 e. The molecule has 0 aliphatic carbocycles. The average molecular weight is 630 g/mol. The Hall–Kier alpha value is -4.47. The lowest BCUT2D eigenvalue weighted by Crippen LogP contribution is -2.48. The Morgan fingerprint density at radius 3 is 2.20 bits per heavy atom. The van der Waals surface area contributed by atoms with Crippen LogP contribution in [0, 0.1) is 0 Å². The molecule has 1 aliphatic rings. The molecule has 0 radical (unpaired) electrons. The molecule has 6 nitrogen and oxygen atoms in total. The van der Waals surface area contributed by atoms with Gasteiger partial charge in [-0.1, -0.05) is 84.9 Å². The van der Waals surface area contributed by atoms with E-state index in [9.17, 15) is 27.9 Å². The largest absolute Gasteiger partial charge is 0.416 e. The zero-order valence-electron chi connectivity index (χ0n) is 25.4. The maximum Gasteiger partial charge on any atom is 0.416 e. The van der Waals surface area contributed by atoms with Crippen LogP contribution in [0.25, 0.3) is 0 Å². The van der Waals surface area contributed by atoms with Crippen molar-refractivity contribution in [3.05, 3.63) is 143 Å². The maximum absolute atomic E-state index is 13.6. The quantitative estimate of drug-likeness (QED) is 0.178. The fourth-order valence-electron chi connectivity index (χ4n) is 5.93. The molecular weight excluding hydrogens is 591 g/mol. The normalized spacial score (nSPS) is 16.2. The van der Waals surface area contributed by atoms with E-state index in [4.69, 9.17) is 0 Å². The average Bonchev–Trinajstić information content (AvgIpc) is 3.52. The van der Waals surface area contributed by atoms with E-state index in [-0.39, 0.29) is 25.0 Å². The van der Waals surface area contributed by atoms with Crippen molar-refractivity contribution < 1.29 is 27.9 Å². The van der Waals surface area contributed by atoms with Crippen molar-refractivity contribution >= 4 is 11.8 Å². The summed E-state index contributed by atoms with van der Waals surface area (Å²) >= 11 is 0. The van der Waals surface area contributed by atoms with Crippen LogP contribution < -0.4 is 10.6 Å². The molecular formula is C37H38F3N3O3. The molecule has 2 amide bonds. The monoisotopic (exact) mass is 629 g/mol. The second kappa shape index (κ2) is 15.2. The molecule has 3 atom stereocenters. The molecule has 0 aromatic heterocycles. The highest BCUT2D eigenvalue weighted by atomic mass is 19.4. The summed E-state index contributed by atoms with van der Waals surface area (Å²) < 4.78 is 39.3. The molecule has 5 rings (SSSR count). The van der Waals surface area contributed by atoms with Crippen LogP contribution in [0.3, 0.4) is 0 Å². The van der Waals surface area contributed by atoms with Gasteiger partial charge in [0.15, 0.2) is 0 Å². The van der Waals surface area contributed by atoms with Crippen molar-refractivity contribution in [2.75, 3.05) is 13.1 Å². The van der Waals surface area contributed by atoms with E-state index in [0.717, 1.165) is 37.0 Å². The van der Waals surface area contributed by atoms with E-state index in [2.05, 4.69) is 22.8 Å². The van der Waals surface area contributed by atoms with E-state index < -0.39 is 29.8 Å². The molecule has 4 aromatic carbocycles. The number of nitrogens with zero attached hydrogens (tertiary/aromatic N) is 1. The van der Waals surface area contributed by atoms with E-state index in [0.29, 0.717) is 29.7 Å². The van der Waals surface area contributed by atoms with Gasteiger partial charge in [0.05, 0.1) is 17.7 Å². The van der Waals surface area contributed by atoms with Gasteiger partial charge in [0.2, 0.25) is 0 Å². The van der Waals surface area contributed by atoms with Gasteiger partial charge in [0, 0.05) is 36.8 Å². The number of rotatable bonds is 12. The summed E-state index contributed by atoms with van der Waals surface area (Å²) in [6.45, 7) is 0.800. The summed E-state index contributed by atoms with van der Waals surface area (Å²) in [6.07, 6.45) is -2.56. The summed E-state index contributed by atoms with van der Waals surface area (Å²) in [7, 11) is 0. The zero-order valence-corrected chi connectivity index (χ0v) is 25.4. The van der Waals surface area contributed by atoms with Crippen molar-refractivity contribution in [2.24, 2.45) is 0 Å². The van der Waals surface area contributed by atoms with Gasteiger partial charge in [-0.15, -0.1) is 0 Å². The lowest BCUT2D eigenvalue weighted by Gasteiger charge is -2.26. The van der Waals surface area contributed by atoms with Crippen LogP contribution in [0.1, 0.15) is 55.8 Å². The molecule has 0 unspecified atom stereocenters. The molecule has 0 saturated carbocycles. The molecule has 46 heavy (non-hydrogen) atoms. The molecule has 1 aliphatic heterocycles. The van der Waals surface area contributed by atoms with Gasteiger partial charge in [-0.25, -0.2) is 0 Å². The van der Waals surface area contributed by atoms with Crippen molar-refractivity contribution in [1.29, 1.82) is 0 Å². The Labute approximate surface area is 267 Å². The van der Waals surface area contributed by atoms with Crippen LogP contribution >= 0.6 is 0 Å². The SMILES string of the molecule is O=C(N[C@@H](Cc1ccccc1)[C@H](O)CNCc1cccc(C(F)(F)F)c1)c1cccc(C(=O)N2CCC[C@@H]2Cc2ccccc2)c1. The van der Waals surface area contributed by atoms with Crippen LogP contribution in [0.15, 0.2) is 109 Å². The summed E-state index contributed by atoms with van der Waals surface area (Å²) in [6, 6.07) is 30.5. The molecule has 1 heterocycles. The third kappa shape index (κ3) is 8.83. The van der Waals surface area contributed by atoms with Gasteiger partial charge < -0.3 is 20.6 Å². The van der Waals surface area contributed by atoms with Crippen LogP contribution in [0.5, 0.6) is 0 Å². The summed E-state index contributed by atoms with van der Waals surface area (Å²) in [5.41, 5.74) is 2.48. The molecule has 240 valence electrons. The Morgan fingerprint density at radius 2 is 1.48 bits per heavy atom. The highest BCUT2D eigenvalue weighted by Gasteiger charge is 2.31. The summed E-state index contributed by atoms with van der Waals surface area (Å²) in [5.74, 6) is -0.553. The molecule has 3 N–H and O–H groups in total. The number of amides is 2. The molecule has 4 aromatic rings. The zero-order chi connectivity index (χ0) is 32.5. The van der Waals surface area contributed by atoms with Gasteiger partial charge >= 0.3 is 6.18 Å². The van der Waals surface area contributed by atoms with Gasteiger partial charge in [-0.05, 0) is 66.6 Å². The number of alkyl halides is 3. The van der Waals surface area contributed by atoms with Gasteiger partial charge in [0.25, 0.3) is 11.8 Å². The lowest BCUT2D eigenvalue weighted by atomic mass is 10.00. The first-order valence-electron chi connectivity index (χ1n) is 15.5. The van der Waals surface area contributed by atoms with Crippen molar-refractivity contribution in [3.63, 3.8) is 0 Å².